The predicted octanol–water partition coefficient (Wildman–Crippen LogP) is 2.89. The summed E-state index contributed by atoms with van der Waals surface area (Å²) in [6.07, 6.45) is 1.46. The van der Waals surface area contributed by atoms with Crippen molar-refractivity contribution >= 4 is 31.6 Å². The Morgan fingerprint density at radius 2 is 1.89 bits per heavy atom. The first-order chi connectivity index (χ1) is 8.24. The summed E-state index contributed by atoms with van der Waals surface area (Å²) in [5.41, 5.74) is 5.69. The van der Waals surface area contributed by atoms with Gasteiger partial charge in [-0.05, 0) is 53.9 Å². The molecule has 0 saturated heterocycles. The summed E-state index contributed by atoms with van der Waals surface area (Å²) in [7, 11) is -3.53. The third kappa shape index (κ3) is 3.46. The van der Waals surface area contributed by atoms with Gasteiger partial charge in [-0.1, -0.05) is 13.8 Å². The van der Waals surface area contributed by atoms with Crippen molar-refractivity contribution in [2.24, 2.45) is 0 Å². The third-order valence-corrected chi connectivity index (χ3v) is 5.58. The maximum absolute atomic E-state index is 12.2. The van der Waals surface area contributed by atoms with E-state index in [9.17, 15) is 8.42 Å². The minimum absolute atomic E-state index is 0.191. The van der Waals surface area contributed by atoms with E-state index in [2.05, 4.69) is 20.7 Å². The zero-order chi connectivity index (χ0) is 14.0. The number of nitrogens with one attached hydrogen (secondary N) is 1. The molecule has 0 radical (unpaired) electrons. The first-order valence-corrected chi connectivity index (χ1v) is 8.10. The summed E-state index contributed by atoms with van der Waals surface area (Å²) in [5.74, 6) is 0. The van der Waals surface area contributed by atoms with Crippen LogP contribution in [0.5, 0.6) is 0 Å². The van der Waals surface area contributed by atoms with E-state index in [0.29, 0.717) is 10.2 Å². The van der Waals surface area contributed by atoms with Gasteiger partial charge in [0.1, 0.15) is 0 Å². The van der Waals surface area contributed by atoms with Crippen molar-refractivity contribution in [2.45, 2.75) is 44.0 Å². The Bertz CT molecular complexity index is 525. The molecule has 6 heteroatoms. The van der Waals surface area contributed by atoms with E-state index in [1.54, 1.807) is 6.07 Å². The van der Waals surface area contributed by atoms with Crippen molar-refractivity contribution in [2.75, 3.05) is 5.73 Å². The van der Waals surface area contributed by atoms with Gasteiger partial charge in [0.05, 0.1) is 4.90 Å². The summed E-state index contributed by atoms with van der Waals surface area (Å²) >= 11 is 3.24. The number of hydrogen-bond acceptors (Lipinski definition) is 3. The number of nitrogen functional groups attached to an aromatic ring is 1. The van der Waals surface area contributed by atoms with Gasteiger partial charge < -0.3 is 5.73 Å². The quantitative estimate of drug-likeness (QED) is 0.813. The van der Waals surface area contributed by atoms with E-state index in [1.165, 1.54) is 12.1 Å². The second kappa shape index (κ2) is 5.59. The van der Waals surface area contributed by atoms with E-state index in [1.807, 2.05) is 20.8 Å². The maximum atomic E-state index is 12.2. The zero-order valence-corrected chi connectivity index (χ0v) is 13.2. The first kappa shape index (κ1) is 15.5. The highest BCUT2D eigenvalue weighted by atomic mass is 79.9. The topological polar surface area (TPSA) is 72.2 Å². The van der Waals surface area contributed by atoms with Gasteiger partial charge in [0, 0.05) is 15.7 Å². The molecule has 1 aromatic rings. The van der Waals surface area contributed by atoms with Crippen LogP contribution in [0.25, 0.3) is 0 Å². The number of hydrogen-bond donors (Lipinski definition) is 2. The van der Waals surface area contributed by atoms with Crippen molar-refractivity contribution in [1.82, 2.24) is 4.72 Å². The van der Waals surface area contributed by atoms with Crippen LogP contribution in [0.2, 0.25) is 0 Å². The zero-order valence-electron chi connectivity index (χ0n) is 10.8. The highest BCUT2D eigenvalue weighted by Gasteiger charge is 2.27. The van der Waals surface area contributed by atoms with Crippen LogP contribution in [-0.2, 0) is 10.0 Å². The van der Waals surface area contributed by atoms with Crippen molar-refractivity contribution in [3.63, 3.8) is 0 Å². The highest BCUT2D eigenvalue weighted by molar-refractivity contribution is 9.10. The molecule has 0 bridgehead atoms. The molecular formula is C12H19BrN2O2S. The number of benzene rings is 1. The van der Waals surface area contributed by atoms with E-state index >= 15 is 0 Å². The molecule has 0 saturated carbocycles. The van der Waals surface area contributed by atoms with Crippen molar-refractivity contribution in [3.05, 3.63) is 22.7 Å². The van der Waals surface area contributed by atoms with E-state index < -0.39 is 15.6 Å². The minimum atomic E-state index is -3.53. The van der Waals surface area contributed by atoms with E-state index in [0.717, 1.165) is 12.8 Å². The van der Waals surface area contributed by atoms with Gasteiger partial charge >= 0.3 is 0 Å². The van der Waals surface area contributed by atoms with Crippen LogP contribution in [0.1, 0.15) is 33.6 Å². The Morgan fingerprint density at radius 3 is 2.33 bits per heavy atom. The van der Waals surface area contributed by atoms with Crippen LogP contribution in [-0.4, -0.2) is 14.0 Å². The molecule has 3 N–H and O–H groups in total. The van der Waals surface area contributed by atoms with E-state index in [-0.39, 0.29) is 4.90 Å². The Kier molecular flexibility index (Phi) is 4.80. The fraction of sp³-hybridized carbons (Fsp3) is 0.500. The fourth-order valence-corrected chi connectivity index (χ4v) is 3.30. The number of rotatable bonds is 5. The molecule has 0 spiro atoms. The number of halogens is 1. The first-order valence-electron chi connectivity index (χ1n) is 5.83. The molecule has 0 atom stereocenters. The molecular weight excluding hydrogens is 316 g/mol. The molecule has 102 valence electrons. The molecule has 0 aliphatic heterocycles. The van der Waals surface area contributed by atoms with Crippen LogP contribution in [0, 0.1) is 0 Å². The molecule has 0 aliphatic rings. The summed E-state index contributed by atoms with van der Waals surface area (Å²) in [6, 6.07) is 4.63. The highest BCUT2D eigenvalue weighted by Crippen LogP contribution is 2.24. The van der Waals surface area contributed by atoms with Crippen molar-refractivity contribution < 1.29 is 8.42 Å². The summed E-state index contributed by atoms with van der Waals surface area (Å²) < 4.78 is 27.9. The molecule has 0 unspecified atom stereocenters. The van der Waals surface area contributed by atoms with Crippen LogP contribution in [0.3, 0.4) is 0 Å². The molecule has 0 amide bonds. The van der Waals surface area contributed by atoms with E-state index in [4.69, 9.17) is 5.73 Å². The van der Waals surface area contributed by atoms with Crippen molar-refractivity contribution in [3.8, 4) is 0 Å². The molecule has 18 heavy (non-hydrogen) atoms. The lowest BCUT2D eigenvalue weighted by Gasteiger charge is -2.27. The standard InChI is InChI=1S/C12H19BrN2O2S/c1-4-12(3,5-2)15-18(16,17)9-6-7-10(13)11(14)8-9/h6-8,15H,4-5,14H2,1-3H3. The van der Waals surface area contributed by atoms with Gasteiger partial charge in [0.15, 0.2) is 0 Å². The molecule has 0 heterocycles. The predicted molar refractivity (Wildman–Crippen MR) is 77.9 cm³/mol. The number of nitrogens with two attached hydrogens (primary N) is 1. The molecule has 0 fully saturated rings. The Balaban J connectivity index is 3.10. The average Bonchev–Trinajstić information content (AvgIpc) is 2.32. The normalized spacial score (nSPS) is 12.7. The number of sulfonamides is 1. The lowest BCUT2D eigenvalue weighted by molar-refractivity contribution is 0.388. The van der Waals surface area contributed by atoms with Gasteiger partial charge in [-0.2, -0.15) is 0 Å². The lowest BCUT2D eigenvalue weighted by atomic mass is 9.98. The third-order valence-electron chi connectivity index (χ3n) is 3.22. The molecule has 4 nitrogen and oxygen atoms in total. The Hall–Kier alpha value is -0.590. The second-order valence-electron chi connectivity index (χ2n) is 4.56. The Morgan fingerprint density at radius 1 is 1.33 bits per heavy atom. The molecule has 0 aromatic heterocycles. The molecule has 1 rings (SSSR count). The summed E-state index contributed by atoms with van der Waals surface area (Å²) in [4.78, 5) is 0.191. The summed E-state index contributed by atoms with van der Waals surface area (Å²) in [6.45, 7) is 5.82. The number of anilines is 1. The minimum Gasteiger partial charge on any atom is -0.398 e. The monoisotopic (exact) mass is 334 g/mol. The average molecular weight is 335 g/mol. The smallest absolute Gasteiger partial charge is 0.241 e. The second-order valence-corrected chi connectivity index (χ2v) is 7.09. The molecule has 0 aliphatic carbocycles. The van der Waals surface area contributed by atoms with Gasteiger partial charge in [-0.3, -0.25) is 0 Å². The lowest BCUT2D eigenvalue weighted by Crippen LogP contribution is -2.44. The van der Waals surface area contributed by atoms with Crippen LogP contribution < -0.4 is 10.5 Å². The molecule has 1 aromatic carbocycles. The van der Waals surface area contributed by atoms with Crippen molar-refractivity contribution in [1.29, 1.82) is 0 Å². The van der Waals surface area contributed by atoms with Gasteiger partial charge in [0.25, 0.3) is 0 Å². The van der Waals surface area contributed by atoms with Crippen LogP contribution >= 0.6 is 15.9 Å². The summed E-state index contributed by atoms with van der Waals surface area (Å²) in [5, 5.41) is 0. The SMILES string of the molecule is CCC(C)(CC)NS(=O)(=O)c1ccc(Br)c(N)c1. The Labute approximate surface area is 117 Å². The van der Waals surface area contributed by atoms with Crippen LogP contribution in [0.15, 0.2) is 27.6 Å². The fourth-order valence-electron chi connectivity index (χ4n) is 1.47. The van der Waals surface area contributed by atoms with Gasteiger partial charge in [-0.25, -0.2) is 13.1 Å². The van der Waals surface area contributed by atoms with Gasteiger partial charge in [0.2, 0.25) is 10.0 Å². The maximum Gasteiger partial charge on any atom is 0.241 e. The van der Waals surface area contributed by atoms with Crippen LogP contribution in [0.4, 0.5) is 5.69 Å². The van der Waals surface area contributed by atoms with Gasteiger partial charge in [-0.15, -0.1) is 0 Å². The largest absolute Gasteiger partial charge is 0.398 e.